The first-order valence-corrected chi connectivity index (χ1v) is 10.2. The second kappa shape index (κ2) is 8.71. The minimum atomic E-state index is -0.190. The molecule has 1 amide bonds. The first-order chi connectivity index (χ1) is 14.2. The Morgan fingerprint density at radius 2 is 1.69 bits per heavy atom. The molecule has 0 aliphatic carbocycles. The van der Waals surface area contributed by atoms with Crippen molar-refractivity contribution in [1.82, 2.24) is 4.98 Å². The Morgan fingerprint density at radius 1 is 0.966 bits per heavy atom. The smallest absolute Gasteiger partial charge is 0.257 e. The zero-order valence-corrected chi connectivity index (χ0v) is 16.8. The molecule has 0 unspecified atom stereocenters. The lowest BCUT2D eigenvalue weighted by atomic mass is 10.1. The van der Waals surface area contributed by atoms with Crippen LogP contribution < -0.4 is 10.1 Å². The van der Waals surface area contributed by atoms with Gasteiger partial charge in [0.2, 0.25) is 0 Å². The van der Waals surface area contributed by atoms with Crippen molar-refractivity contribution in [1.29, 1.82) is 0 Å². The van der Waals surface area contributed by atoms with Gasteiger partial charge in [0.1, 0.15) is 12.4 Å². The third-order valence-electron chi connectivity index (χ3n) is 4.44. The second-order valence-electron chi connectivity index (χ2n) is 6.66. The number of benzene rings is 3. The molecule has 1 heterocycles. The fourth-order valence-electron chi connectivity index (χ4n) is 2.80. The molecule has 3 aromatic carbocycles. The van der Waals surface area contributed by atoms with Crippen LogP contribution in [-0.4, -0.2) is 10.9 Å². The average Bonchev–Trinajstić information content (AvgIpc) is 3.22. The number of aryl methyl sites for hydroxylation is 1. The van der Waals surface area contributed by atoms with Gasteiger partial charge in [0.25, 0.3) is 5.91 Å². The van der Waals surface area contributed by atoms with Crippen molar-refractivity contribution in [3.63, 3.8) is 0 Å². The van der Waals surface area contributed by atoms with E-state index in [9.17, 15) is 4.79 Å². The van der Waals surface area contributed by atoms with Gasteiger partial charge in [-0.2, -0.15) is 0 Å². The lowest BCUT2D eigenvalue weighted by Crippen LogP contribution is -2.11. The number of aromatic nitrogens is 1. The third-order valence-corrected chi connectivity index (χ3v) is 5.19. The maximum absolute atomic E-state index is 12.5. The monoisotopic (exact) mass is 400 g/mol. The van der Waals surface area contributed by atoms with E-state index >= 15 is 0 Å². The number of rotatable bonds is 6. The predicted molar refractivity (Wildman–Crippen MR) is 117 cm³/mol. The van der Waals surface area contributed by atoms with Crippen LogP contribution in [0.1, 0.15) is 21.5 Å². The van der Waals surface area contributed by atoms with Gasteiger partial charge >= 0.3 is 0 Å². The van der Waals surface area contributed by atoms with Crippen LogP contribution in [0.4, 0.5) is 5.13 Å². The van der Waals surface area contributed by atoms with Crippen LogP contribution in [0.5, 0.6) is 5.75 Å². The van der Waals surface area contributed by atoms with E-state index in [-0.39, 0.29) is 5.91 Å². The summed E-state index contributed by atoms with van der Waals surface area (Å²) < 4.78 is 5.76. The third kappa shape index (κ3) is 4.89. The summed E-state index contributed by atoms with van der Waals surface area (Å²) in [7, 11) is 0. The molecule has 144 valence electrons. The van der Waals surface area contributed by atoms with Crippen LogP contribution in [0.2, 0.25) is 0 Å². The van der Waals surface area contributed by atoms with Crippen LogP contribution in [0.15, 0.2) is 84.2 Å². The van der Waals surface area contributed by atoms with E-state index in [0.29, 0.717) is 17.3 Å². The van der Waals surface area contributed by atoms with Crippen LogP contribution >= 0.6 is 11.3 Å². The van der Waals surface area contributed by atoms with Crippen LogP contribution in [0.3, 0.4) is 0 Å². The zero-order valence-electron chi connectivity index (χ0n) is 16.0. The Balaban J connectivity index is 1.37. The normalized spacial score (nSPS) is 10.5. The molecule has 1 N–H and O–H groups in total. The van der Waals surface area contributed by atoms with Gasteiger partial charge in [-0.05, 0) is 36.8 Å². The fraction of sp³-hybridized carbons (Fsp3) is 0.0833. The van der Waals surface area contributed by atoms with Gasteiger partial charge in [-0.25, -0.2) is 4.98 Å². The maximum atomic E-state index is 12.5. The fourth-order valence-corrected chi connectivity index (χ4v) is 3.52. The summed E-state index contributed by atoms with van der Waals surface area (Å²) in [6, 6.07) is 25.2. The van der Waals surface area contributed by atoms with Crippen LogP contribution in [0, 0.1) is 6.92 Å². The topological polar surface area (TPSA) is 51.2 Å². The standard InChI is InChI=1S/C24H20N2O2S/c1-17-7-9-19(10-8-17)22-16-29-24(25-22)26-23(27)20-11-13-21(14-12-20)28-15-18-5-3-2-4-6-18/h2-14,16H,15H2,1H3,(H,25,26,27). The maximum Gasteiger partial charge on any atom is 0.257 e. The SMILES string of the molecule is Cc1ccc(-c2csc(NC(=O)c3ccc(OCc4ccccc4)cc3)n2)cc1. The van der Waals surface area contributed by atoms with Gasteiger partial charge in [-0.15, -0.1) is 11.3 Å². The number of carbonyl (C=O) groups excluding carboxylic acids is 1. The Morgan fingerprint density at radius 3 is 2.41 bits per heavy atom. The molecule has 4 nitrogen and oxygen atoms in total. The molecule has 0 aliphatic rings. The van der Waals surface area contributed by atoms with Crippen molar-refractivity contribution in [3.05, 3.63) is 101 Å². The highest BCUT2D eigenvalue weighted by Crippen LogP contribution is 2.25. The predicted octanol–water partition coefficient (Wildman–Crippen LogP) is 5.95. The van der Waals surface area contributed by atoms with Gasteiger partial charge in [-0.1, -0.05) is 60.2 Å². The summed E-state index contributed by atoms with van der Waals surface area (Å²) >= 11 is 1.41. The molecule has 1 aromatic heterocycles. The van der Waals surface area contributed by atoms with E-state index in [1.807, 2.05) is 60.0 Å². The number of nitrogens with zero attached hydrogens (tertiary/aromatic N) is 1. The molecule has 0 radical (unpaired) electrons. The lowest BCUT2D eigenvalue weighted by Gasteiger charge is -2.07. The number of hydrogen-bond acceptors (Lipinski definition) is 4. The molecule has 0 saturated heterocycles. The Hall–Kier alpha value is -3.44. The van der Waals surface area contributed by atoms with Crippen molar-refractivity contribution in [3.8, 4) is 17.0 Å². The lowest BCUT2D eigenvalue weighted by molar-refractivity contribution is 0.102. The molecule has 0 atom stereocenters. The number of nitrogens with one attached hydrogen (secondary N) is 1. The Kier molecular flexibility index (Phi) is 5.68. The highest BCUT2D eigenvalue weighted by atomic mass is 32.1. The highest BCUT2D eigenvalue weighted by Gasteiger charge is 2.10. The number of anilines is 1. The van der Waals surface area contributed by atoms with E-state index in [1.165, 1.54) is 16.9 Å². The number of carbonyl (C=O) groups is 1. The van der Waals surface area contributed by atoms with Crippen molar-refractivity contribution in [2.24, 2.45) is 0 Å². The van der Waals surface area contributed by atoms with E-state index in [1.54, 1.807) is 24.3 Å². The van der Waals surface area contributed by atoms with E-state index in [0.717, 1.165) is 22.6 Å². The molecule has 4 rings (SSSR count). The molecular formula is C24H20N2O2S. The van der Waals surface area contributed by atoms with E-state index < -0.39 is 0 Å². The minimum Gasteiger partial charge on any atom is -0.489 e. The first kappa shape index (κ1) is 18.9. The van der Waals surface area contributed by atoms with Crippen LogP contribution in [0.25, 0.3) is 11.3 Å². The number of ether oxygens (including phenoxy) is 1. The van der Waals surface area contributed by atoms with E-state index in [4.69, 9.17) is 4.74 Å². The quantitative estimate of drug-likeness (QED) is 0.435. The Labute approximate surface area is 173 Å². The summed E-state index contributed by atoms with van der Waals surface area (Å²) in [6.07, 6.45) is 0. The molecule has 4 aromatic rings. The van der Waals surface area contributed by atoms with Gasteiger partial charge < -0.3 is 4.74 Å². The highest BCUT2D eigenvalue weighted by molar-refractivity contribution is 7.14. The van der Waals surface area contributed by atoms with Crippen molar-refractivity contribution in [2.75, 3.05) is 5.32 Å². The summed E-state index contributed by atoms with van der Waals surface area (Å²) in [5, 5.41) is 5.39. The molecule has 0 saturated carbocycles. The number of hydrogen-bond donors (Lipinski definition) is 1. The van der Waals surface area contributed by atoms with Gasteiger partial charge in [0, 0.05) is 16.5 Å². The molecule has 0 bridgehead atoms. The van der Waals surface area contributed by atoms with Crippen LogP contribution in [-0.2, 0) is 6.61 Å². The molecule has 5 heteroatoms. The minimum absolute atomic E-state index is 0.190. The van der Waals surface area contributed by atoms with Gasteiger partial charge in [0.15, 0.2) is 5.13 Å². The summed E-state index contributed by atoms with van der Waals surface area (Å²) in [5.41, 5.74) is 4.75. The first-order valence-electron chi connectivity index (χ1n) is 9.28. The Bertz CT molecular complexity index is 1090. The second-order valence-corrected chi connectivity index (χ2v) is 7.51. The van der Waals surface area contributed by atoms with E-state index in [2.05, 4.69) is 17.2 Å². The van der Waals surface area contributed by atoms with Gasteiger partial charge in [0.05, 0.1) is 5.69 Å². The molecule has 29 heavy (non-hydrogen) atoms. The van der Waals surface area contributed by atoms with Crippen molar-refractivity contribution in [2.45, 2.75) is 13.5 Å². The summed E-state index contributed by atoms with van der Waals surface area (Å²) in [4.78, 5) is 17.0. The summed E-state index contributed by atoms with van der Waals surface area (Å²) in [6.45, 7) is 2.54. The van der Waals surface area contributed by atoms with Crippen molar-refractivity contribution < 1.29 is 9.53 Å². The van der Waals surface area contributed by atoms with Crippen molar-refractivity contribution >= 4 is 22.4 Å². The molecule has 0 fully saturated rings. The van der Waals surface area contributed by atoms with Gasteiger partial charge in [-0.3, -0.25) is 10.1 Å². The molecular weight excluding hydrogens is 380 g/mol. The average molecular weight is 401 g/mol. The zero-order chi connectivity index (χ0) is 20.1. The molecule has 0 spiro atoms. The number of amides is 1. The largest absolute Gasteiger partial charge is 0.489 e. The molecule has 0 aliphatic heterocycles. The number of thiazole rings is 1. The summed E-state index contributed by atoms with van der Waals surface area (Å²) in [5.74, 6) is 0.533.